The fourth-order valence-corrected chi connectivity index (χ4v) is 0.524. The van der Waals surface area contributed by atoms with Crippen molar-refractivity contribution in [1.29, 1.82) is 0 Å². The summed E-state index contributed by atoms with van der Waals surface area (Å²) in [6, 6.07) is 0. The van der Waals surface area contributed by atoms with Crippen LogP contribution in [0.25, 0.3) is 0 Å². The molecule has 0 amide bonds. The van der Waals surface area contributed by atoms with Gasteiger partial charge in [-0.1, -0.05) is 0 Å². The van der Waals surface area contributed by atoms with Crippen molar-refractivity contribution in [3.8, 4) is 0 Å². The van der Waals surface area contributed by atoms with Crippen LogP contribution in [0.5, 0.6) is 0 Å². The van der Waals surface area contributed by atoms with Crippen LogP contribution < -0.4 is 10.5 Å². The van der Waals surface area contributed by atoms with Gasteiger partial charge >= 0.3 is 0 Å². The van der Waals surface area contributed by atoms with Gasteiger partial charge in [0.05, 0.1) is 0 Å². The monoisotopic (exact) mass is 155 g/mol. The van der Waals surface area contributed by atoms with E-state index < -0.39 is 0 Å². The first-order valence-electron chi connectivity index (χ1n) is 2.67. The SMILES string of the molecule is BNC(=S)Nc1nc[nH]n1. The van der Waals surface area contributed by atoms with Crippen molar-refractivity contribution in [2.45, 2.75) is 0 Å². The van der Waals surface area contributed by atoms with Crippen molar-refractivity contribution in [3.63, 3.8) is 0 Å². The van der Waals surface area contributed by atoms with E-state index in [1.165, 1.54) is 6.33 Å². The largest absolute Gasteiger partial charge is 0.412 e. The standard InChI is InChI=1S/C3H6BN5S/c4-8-3(10)7-2-5-1-6-9-2/h1H,4H2,(H3,5,6,7,8,9,10). The Morgan fingerprint density at radius 1 is 1.80 bits per heavy atom. The number of anilines is 1. The van der Waals surface area contributed by atoms with Crippen LogP contribution >= 0.6 is 12.2 Å². The number of rotatable bonds is 1. The van der Waals surface area contributed by atoms with E-state index in [1.54, 1.807) is 7.98 Å². The van der Waals surface area contributed by atoms with Gasteiger partial charge in [0.2, 0.25) is 13.9 Å². The Labute approximate surface area is 64.0 Å². The van der Waals surface area contributed by atoms with Crippen molar-refractivity contribution in [2.24, 2.45) is 0 Å². The Morgan fingerprint density at radius 3 is 3.10 bits per heavy atom. The molecule has 1 aromatic rings. The predicted octanol–water partition coefficient (Wildman–Crippen LogP) is -1.36. The van der Waals surface area contributed by atoms with Crippen molar-refractivity contribution in [2.75, 3.05) is 5.32 Å². The zero-order valence-electron chi connectivity index (χ0n) is 5.38. The van der Waals surface area contributed by atoms with E-state index in [9.17, 15) is 0 Å². The quantitative estimate of drug-likeness (QED) is 0.345. The summed E-state index contributed by atoms with van der Waals surface area (Å²) in [4.78, 5) is 3.80. The maximum absolute atomic E-state index is 4.79. The first kappa shape index (κ1) is 7.01. The minimum Gasteiger partial charge on any atom is -0.412 e. The number of aromatic amines is 1. The van der Waals surface area contributed by atoms with Gasteiger partial charge in [0.15, 0.2) is 5.11 Å². The van der Waals surface area contributed by atoms with E-state index in [0.29, 0.717) is 11.1 Å². The summed E-state index contributed by atoms with van der Waals surface area (Å²) < 4.78 is 0. The molecule has 7 heteroatoms. The third kappa shape index (κ3) is 1.69. The Morgan fingerprint density at radius 2 is 2.60 bits per heavy atom. The third-order valence-corrected chi connectivity index (χ3v) is 1.17. The highest BCUT2D eigenvalue weighted by Crippen LogP contribution is 1.90. The second-order valence-electron chi connectivity index (χ2n) is 1.53. The Hall–Kier alpha value is -1.11. The van der Waals surface area contributed by atoms with Crippen molar-refractivity contribution in [1.82, 2.24) is 20.4 Å². The highest BCUT2D eigenvalue weighted by Gasteiger charge is 1.95. The van der Waals surface area contributed by atoms with Crippen LogP contribution in [0.4, 0.5) is 5.95 Å². The molecule has 52 valence electrons. The molecule has 0 saturated heterocycles. The van der Waals surface area contributed by atoms with Gasteiger partial charge in [-0.2, -0.15) is 0 Å². The molecule has 10 heavy (non-hydrogen) atoms. The van der Waals surface area contributed by atoms with E-state index in [0.717, 1.165) is 0 Å². The fourth-order valence-electron chi connectivity index (χ4n) is 0.433. The van der Waals surface area contributed by atoms with Crippen LogP contribution in [0.3, 0.4) is 0 Å². The van der Waals surface area contributed by atoms with E-state index in [1.807, 2.05) is 0 Å². The number of nitrogens with one attached hydrogen (secondary N) is 3. The minimum atomic E-state index is 0.472. The Balaban J connectivity index is 2.48. The molecule has 0 aliphatic carbocycles. The highest BCUT2D eigenvalue weighted by molar-refractivity contribution is 7.80. The molecule has 1 rings (SSSR count). The summed E-state index contributed by atoms with van der Waals surface area (Å²) in [6.07, 6.45) is 1.47. The zero-order valence-corrected chi connectivity index (χ0v) is 6.20. The highest BCUT2D eigenvalue weighted by atomic mass is 32.1. The molecule has 0 aliphatic heterocycles. The molecule has 0 spiro atoms. The van der Waals surface area contributed by atoms with Gasteiger partial charge in [-0.15, -0.1) is 5.10 Å². The van der Waals surface area contributed by atoms with E-state index in [-0.39, 0.29) is 0 Å². The number of hydrogen-bond donors (Lipinski definition) is 3. The zero-order chi connectivity index (χ0) is 7.40. The summed E-state index contributed by atoms with van der Waals surface area (Å²) in [7, 11) is 1.72. The second-order valence-corrected chi connectivity index (χ2v) is 1.94. The molecule has 5 nitrogen and oxygen atoms in total. The lowest BCUT2D eigenvalue weighted by molar-refractivity contribution is 1.09. The maximum Gasteiger partial charge on any atom is 0.247 e. The number of nitrogens with zero attached hydrogens (tertiary/aromatic N) is 2. The molecule has 0 saturated carbocycles. The Kier molecular flexibility index (Phi) is 2.22. The van der Waals surface area contributed by atoms with E-state index in [2.05, 4.69) is 25.7 Å². The third-order valence-electron chi connectivity index (χ3n) is 0.867. The molecule has 1 heterocycles. The number of aromatic nitrogens is 3. The van der Waals surface area contributed by atoms with Crippen LogP contribution in [0.15, 0.2) is 6.33 Å². The molecule has 1 aromatic heterocycles. The second kappa shape index (κ2) is 3.16. The fraction of sp³-hybridized carbons (Fsp3) is 0. The van der Waals surface area contributed by atoms with Crippen molar-refractivity contribution < 1.29 is 0 Å². The van der Waals surface area contributed by atoms with Crippen molar-refractivity contribution in [3.05, 3.63) is 6.33 Å². The summed E-state index contributed by atoms with van der Waals surface area (Å²) in [5, 5.41) is 12.2. The molecule has 0 radical (unpaired) electrons. The smallest absolute Gasteiger partial charge is 0.247 e. The van der Waals surface area contributed by atoms with Crippen LogP contribution in [0.2, 0.25) is 0 Å². The van der Waals surface area contributed by atoms with E-state index >= 15 is 0 Å². The van der Waals surface area contributed by atoms with Crippen molar-refractivity contribution >= 4 is 31.3 Å². The molecule has 0 aliphatic rings. The molecule has 0 bridgehead atoms. The summed E-state index contributed by atoms with van der Waals surface area (Å²) >= 11 is 4.79. The molecular formula is C3H6BN5S. The Bertz CT molecular complexity index is 209. The minimum absolute atomic E-state index is 0.472. The molecule has 3 N–H and O–H groups in total. The number of hydrogen-bond acceptors (Lipinski definition) is 3. The van der Waals surface area contributed by atoms with Crippen LogP contribution in [0, 0.1) is 0 Å². The number of H-pyrrole nitrogens is 1. The van der Waals surface area contributed by atoms with Gasteiger partial charge in [-0.05, 0) is 12.2 Å². The predicted molar refractivity (Wildman–Crippen MR) is 44.3 cm³/mol. The van der Waals surface area contributed by atoms with Gasteiger partial charge in [0.25, 0.3) is 0 Å². The van der Waals surface area contributed by atoms with Crippen LogP contribution in [0.1, 0.15) is 0 Å². The molecule has 0 fully saturated rings. The van der Waals surface area contributed by atoms with Crippen LogP contribution in [-0.2, 0) is 0 Å². The molecule has 0 unspecified atom stereocenters. The molecule has 0 atom stereocenters. The first-order chi connectivity index (χ1) is 4.83. The average molecular weight is 155 g/mol. The molecule has 0 aromatic carbocycles. The lowest BCUT2D eigenvalue weighted by Crippen LogP contribution is -2.26. The summed E-state index contributed by atoms with van der Waals surface area (Å²) in [6.45, 7) is 0. The lowest BCUT2D eigenvalue weighted by Gasteiger charge is -2.00. The normalized spacial score (nSPS) is 8.80. The van der Waals surface area contributed by atoms with Gasteiger partial charge in [-0.3, -0.25) is 5.10 Å². The average Bonchev–Trinajstić information content (AvgIpc) is 2.40. The number of thiocarbonyl (C=S) groups is 1. The van der Waals surface area contributed by atoms with Gasteiger partial charge < -0.3 is 10.5 Å². The first-order valence-corrected chi connectivity index (χ1v) is 3.08. The lowest BCUT2D eigenvalue weighted by atomic mass is 10.4. The van der Waals surface area contributed by atoms with Gasteiger partial charge in [0, 0.05) is 0 Å². The summed E-state index contributed by atoms with van der Waals surface area (Å²) in [5.74, 6) is 0.472. The van der Waals surface area contributed by atoms with E-state index in [4.69, 9.17) is 12.2 Å². The molecular weight excluding hydrogens is 149 g/mol. The maximum atomic E-state index is 4.79. The van der Waals surface area contributed by atoms with Gasteiger partial charge in [-0.25, -0.2) is 4.98 Å². The van der Waals surface area contributed by atoms with Gasteiger partial charge in [0.1, 0.15) is 6.33 Å². The summed E-state index contributed by atoms with van der Waals surface area (Å²) in [5.41, 5.74) is 0. The van der Waals surface area contributed by atoms with Crippen LogP contribution in [-0.4, -0.2) is 28.3 Å². The topological polar surface area (TPSA) is 65.6 Å².